The zero-order valence-electron chi connectivity index (χ0n) is 7.60. The molecule has 0 bridgehead atoms. The van der Waals surface area contributed by atoms with E-state index in [-0.39, 0.29) is 0 Å². The highest BCUT2D eigenvalue weighted by Gasteiger charge is 2.03. The largest absolute Gasteiger partial charge is 0.343 e. The first-order valence-corrected chi connectivity index (χ1v) is 4.10. The molecule has 0 aromatic carbocycles. The van der Waals surface area contributed by atoms with Crippen molar-refractivity contribution in [2.24, 2.45) is 0 Å². The van der Waals surface area contributed by atoms with Gasteiger partial charge in [-0.3, -0.25) is 0 Å². The van der Waals surface area contributed by atoms with Crippen molar-refractivity contribution in [2.45, 2.75) is 20.8 Å². The number of aromatic nitrogens is 2. The van der Waals surface area contributed by atoms with Gasteiger partial charge in [0.2, 0.25) is 0 Å². The van der Waals surface area contributed by atoms with Crippen LogP contribution in [0.3, 0.4) is 0 Å². The van der Waals surface area contributed by atoms with Crippen molar-refractivity contribution in [3.05, 3.63) is 29.1 Å². The minimum atomic E-state index is 0.996. The van der Waals surface area contributed by atoms with E-state index in [0.717, 1.165) is 5.65 Å². The number of fused-ring (bicyclic) bond motifs is 1. The SMILES string of the molecule is Cc1cnc2[nH]c(C)c(C)c2c1. The van der Waals surface area contributed by atoms with Gasteiger partial charge in [-0.05, 0) is 38.0 Å². The Morgan fingerprint density at radius 3 is 2.75 bits per heavy atom. The molecule has 2 nitrogen and oxygen atoms in total. The van der Waals surface area contributed by atoms with Crippen molar-refractivity contribution >= 4 is 11.0 Å². The van der Waals surface area contributed by atoms with Crippen LogP contribution in [-0.4, -0.2) is 9.97 Å². The monoisotopic (exact) mass is 160 g/mol. The molecule has 0 saturated carbocycles. The lowest BCUT2D eigenvalue weighted by atomic mass is 10.2. The predicted molar refractivity (Wildman–Crippen MR) is 50.3 cm³/mol. The topological polar surface area (TPSA) is 28.7 Å². The molecule has 0 aliphatic rings. The second-order valence-electron chi connectivity index (χ2n) is 3.28. The van der Waals surface area contributed by atoms with Crippen molar-refractivity contribution in [3.8, 4) is 0 Å². The van der Waals surface area contributed by atoms with Gasteiger partial charge in [0, 0.05) is 17.3 Å². The summed E-state index contributed by atoms with van der Waals surface area (Å²) in [5.41, 5.74) is 4.73. The molecule has 12 heavy (non-hydrogen) atoms. The molecule has 0 unspecified atom stereocenters. The van der Waals surface area contributed by atoms with Crippen molar-refractivity contribution in [1.82, 2.24) is 9.97 Å². The van der Waals surface area contributed by atoms with Gasteiger partial charge in [-0.1, -0.05) is 0 Å². The third-order valence-electron chi connectivity index (χ3n) is 2.30. The molecule has 2 heteroatoms. The molecule has 0 saturated heterocycles. The Balaban J connectivity index is 2.88. The number of nitrogens with zero attached hydrogens (tertiary/aromatic N) is 1. The third kappa shape index (κ3) is 0.916. The first kappa shape index (κ1) is 7.35. The molecular weight excluding hydrogens is 148 g/mol. The summed E-state index contributed by atoms with van der Waals surface area (Å²) in [6.07, 6.45) is 1.89. The number of aryl methyl sites for hydroxylation is 3. The van der Waals surface area contributed by atoms with Crippen LogP contribution in [0.25, 0.3) is 11.0 Å². The van der Waals surface area contributed by atoms with Gasteiger partial charge in [0.05, 0.1) is 0 Å². The Bertz CT molecular complexity index is 427. The summed E-state index contributed by atoms with van der Waals surface area (Å²) >= 11 is 0. The lowest BCUT2D eigenvalue weighted by molar-refractivity contribution is 1.22. The average Bonchev–Trinajstić information content (AvgIpc) is 2.31. The number of aromatic amines is 1. The summed E-state index contributed by atoms with van der Waals surface area (Å²) < 4.78 is 0. The van der Waals surface area contributed by atoms with E-state index in [0.29, 0.717) is 0 Å². The predicted octanol–water partition coefficient (Wildman–Crippen LogP) is 2.49. The average molecular weight is 160 g/mol. The molecule has 0 atom stereocenters. The van der Waals surface area contributed by atoms with E-state index < -0.39 is 0 Å². The number of hydrogen-bond donors (Lipinski definition) is 1. The van der Waals surface area contributed by atoms with Gasteiger partial charge in [0.1, 0.15) is 5.65 Å². The maximum absolute atomic E-state index is 4.31. The quantitative estimate of drug-likeness (QED) is 0.630. The first-order chi connectivity index (χ1) is 5.68. The molecule has 0 amide bonds. The summed E-state index contributed by atoms with van der Waals surface area (Å²) in [5, 5.41) is 1.24. The summed E-state index contributed by atoms with van der Waals surface area (Å²) in [7, 11) is 0. The van der Waals surface area contributed by atoms with E-state index in [9.17, 15) is 0 Å². The molecule has 0 aliphatic carbocycles. The van der Waals surface area contributed by atoms with Crippen LogP contribution < -0.4 is 0 Å². The van der Waals surface area contributed by atoms with Crippen LogP contribution in [0.15, 0.2) is 12.3 Å². The van der Waals surface area contributed by atoms with Gasteiger partial charge in [0.15, 0.2) is 0 Å². The zero-order chi connectivity index (χ0) is 8.72. The minimum absolute atomic E-state index is 0.996. The lowest BCUT2D eigenvalue weighted by Gasteiger charge is -1.92. The highest BCUT2D eigenvalue weighted by atomic mass is 14.9. The minimum Gasteiger partial charge on any atom is -0.343 e. The Kier molecular flexibility index (Phi) is 1.43. The number of H-pyrrole nitrogens is 1. The van der Waals surface area contributed by atoms with Crippen molar-refractivity contribution in [1.29, 1.82) is 0 Å². The smallest absolute Gasteiger partial charge is 0.137 e. The molecule has 0 aliphatic heterocycles. The fourth-order valence-electron chi connectivity index (χ4n) is 1.43. The highest BCUT2D eigenvalue weighted by Crippen LogP contribution is 2.19. The summed E-state index contributed by atoms with van der Waals surface area (Å²) in [4.78, 5) is 7.55. The maximum Gasteiger partial charge on any atom is 0.137 e. The van der Waals surface area contributed by atoms with Gasteiger partial charge in [-0.2, -0.15) is 0 Å². The highest BCUT2D eigenvalue weighted by molar-refractivity contribution is 5.81. The standard InChI is InChI=1S/C10H12N2/c1-6-4-9-7(2)8(3)12-10(9)11-5-6/h4-5H,1-3H3,(H,11,12). The number of nitrogens with one attached hydrogen (secondary N) is 1. The summed E-state index contributed by atoms with van der Waals surface area (Å²) in [5.74, 6) is 0. The van der Waals surface area contributed by atoms with E-state index in [4.69, 9.17) is 0 Å². The molecule has 62 valence electrons. The normalized spacial score (nSPS) is 10.9. The van der Waals surface area contributed by atoms with Crippen LogP contribution in [0.4, 0.5) is 0 Å². The van der Waals surface area contributed by atoms with Gasteiger partial charge in [-0.25, -0.2) is 4.98 Å². The molecular formula is C10H12N2. The van der Waals surface area contributed by atoms with Gasteiger partial charge >= 0.3 is 0 Å². The van der Waals surface area contributed by atoms with E-state index >= 15 is 0 Å². The fourth-order valence-corrected chi connectivity index (χ4v) is 1.43. The lowest BCUT2D eigenvalue weighted by Crippen LogP contribution is -1.78. The van der Waals surface area contributed by atoms with Gasteiger partial charge in [-0.15, -0.1) is 0 Å². The fraction of sp³-hybridized carbons (Fsp3) is 0.300. The summed E-state index contributed by atoms with van der Waals surface area (Å²) in [6.45, 7) is 6.26. The first-order valence-electron chi connectivity index (χ1n) is 4.10. The molecule has 1 N–H and O–H groups in total. The summed E-state index contributed by atoms with van der Waals surface area (Å²) in [6, 6.07) is 2.17. The Hall–Kier alpha value is -1.31. The van der Waals surface area contributed by atoms with Crippen molar-refractivity contribution < 1.29 is 0 Å². The van der Waals surface area contributed by atoms with Crippen LogP contribution in [0.5, 0.6) is 0 Å². The molecule has 2 heterocycles. The Labute approximate surface area is 71.6 Å². The van der Waals surface area contributed by atoms with E-state index in [1.807, 2.05) is 6.20 Å². The molecule has 2 rings (SSSR count). The van der Waals surface area contributed by atoms with Crippen LogP contribution in [-0.2, 0) is 0 Å². The second kappa shape index (κ2) is 2.34. The van der Waals surface area contributed by atoms with Crippen LogP contribution in [0.2, 0.25) is 0 Å². The molecule has 2 aromatic heterocycles. The van der Waals surface area contributed by atoms with E-state index in [2.05, 4.69) is 36.8 Å². The van der Waals surface area contributed by atoms with Crippen LogP contribution in [0.1, 0.15) is 16.8 Å². The van der Waals surface area contributed by atoms with E-state index in [1.165, 1.54) is 22.2 Å². The second-order valence-corrected chi connectivity index (χ2v) is 3.28. The van der Waals surface area contributed by atoms with Gasteiger partial charge < -0.3 is 4.98 Å². The number of pyridine rings is 1. The van der Waals surface area contributed by atoms with Crippen LogP contribution >= 0.6 is 0 Å². The van der Waals surface area contributed by atoms with Crippen molar-refractivity contribution in [3.63, 3.8) is 0 Å². The number of rotatable bonds is 0. The zero-order valence-corrected chi connectivity index (χ0v) is 7.60. The molecule has 0 fully saturated rings. The number of hydrogen-bond acceptors (Lipinski definition) is 1. The molecule has 0 radical (unpaired) electrons. The van der Waals surface area contributed by atoms with Crippen LogP contribution in [0, 0.1) is 20.8 Å². The van der Waals surface area contributed by atoms with Crippen molar-refractivity contribution in [2.75, 3.05) is 0 Å². The maximum atomic E-state index is 4.31. The Morgan fingerprint density at radius 2 is 2.00 bits per heavy atom. The van der Waals surface area contributed by atoms with Gasteiger partial charge in [0.25, 0.3) is 0 Å². The van der Waals surface area contributed by atoms with E-state index in [1.54, 1.807) is 0 Å². The molecule has 0 spiro atoms. The Morgan fingerprint density at radius 1 is 1.25 bits per heavy atom. The third-order valence-corrected chi connectivity index (χ3v) is 2.30. The molecule has 2 aromatic rings.